The topological polar surface area (TPSA) is 119 Å². The number of amides is 1. The van der Waals surface area contributed by atoms with Gasteiger partial charge >= 0.3 is 5.97 Å². The van der Waals surface area contributed by atoms with E-state index < -0.39 is 5.97 Å². The average Bonchev–Trinajstić information content (AvgIpc) is 2.85. The molecule has 122 valence electrons. The van der Waals surface area contributed by atoms with Crippen molar-refractivity contribution < 1.29 is 19.4 Å². The van der Waals surface area contributed by atoms with Crippen LogP contribution in [0.25, 0.3) is 10.4 Å². The van der Waals surface area contributed by atoms with E-state index in [-0.39, 0.29) is 11.3 Å². The fraction of sp³-hybridized carbons (Fsp3) is 0.200. The van der Waals surface area contributed by atoms with Crippen molar-refractivity contribution >= 4 is 29.4 Å². The van der Waals surface area contributed by atoms with Crippen LogP contribution < -0.4 is 10.5 Å². The second kappa shape index (κ2) is 8.64. The molecule has 0 radical (unpaired) electrons. The quantitative estimate of drug-likeness (QED) is 0.491. The molecule has 0 saturated heterocycles. The minimum absolute atomic E-state index is 0.0556. The molecule has 3 N–H and O–H groups in total. The van der Waals surface area contributed by atoms with E-state index in [2.05, 4.69) is 0 Å². The minimum atomic E-state index is -0.966. The van der Waals surface area contributed by atoms with Crippen LogP contribution in [0.5, 0.6) is 5.75 Å². The first kappa shape index (κ1) is 18.3. The molecule has 0 aliphatic rings. The molecule has 0 atom stereocenters. The Bertz CT molecular complexity index is 706. The number of carbonyl (C=O) groups excluding carboxylic acids is 1. The van der Waals surface area contributed by atoms with E-state index in [1.54, 1.807) is 11.2 Å². The zero-order valence-corrected chi connectivity index (χ0v) is 13.4. The Labute approximate surface area is 136 Å². The zero-order valence-electron chi connectivity index (χ0n) is 12.6. The number of nitroso groups, excluding NO2 is 1. The highest BCUT2D eigenvalue weighted by atomic mass is 32.1. The highest BCUT2D eigenvalue weighted by molar-refractivity contribution is 7.18. The number of hydrogen-bond acceptors (Lipinski definition) is 6. The molecule has 1 aromatic carbocycles. The lowest BCUT2D eigenvalue weighted by atomic mass is 10.1. The van der Waals surface area contributed by atoms with Gasteiger partial charge < -0.3 is 15.6 Å². The van der Waals surface area contributed by atoms with Gasteiger partial charge in [0.15, 0.2) is 4.88 Å². The fourth-order valence-corrected chi connectivity index (χ4v) is 3.00. The summed E-state index contributed by atoms with van der Waals surface area (Å²) in [6, 6.07) is 7.40. The van der Waals surface area contributed by atoms with Crippen LogP contribution in [0.3, 0.4) is 0 Å². The molecule has 0 fully saturated rings. The number of benzene rings is 1. The number of carboxylic acids is 1. The van der Waals surface area contributed by atoms with E-state index >= 15 is 0 Å². The monoisotopic (exact) mass is 336 g/mol. The van der Waals surface area contributed by atoms with Gasteiger partial charge in [-0.1, -0.05) is 12.1 Å². The van der Waals surface area contributed by atoms with Crippen molar-refractivity contribution in [2.75, 3.05) is 12.3 Å². The second-order valence-corrected chi connectivity index (χ2v) is 5.31. The normalized spacial score (nSPS) is 9.48. The maximum atomic E-state index is 11.3. The summed E-state index contributed by atoms with van der Waals surface area (Å²) in [5.41, 5.74) is 8.17. The maximum Gasteiger partial charge on any atom is 0.349 e. The molecule has 0 aliphatic carbocycles. The van der Waals surface area contributed by atoms with E-state index in [1.807, 2.05) is 32.0 Å². The van der Waals surface area contributed by atoms with Gasteiger partial charge in [0.25, 0.3) is 6.41 Å². The number of rotatable bonds is 5. The molecular weight excluding hydrogens is 320 g/mol. The van der Waals surface area contributed by atoms with E-state index in [1.165, 1.54) is 11.3 Å². The summed E-state index contributed by atoms with van der Waals surface area (Å²) in [4.78, 5) is 29.6. The van der Waals surface area contributed by atoms with Gasteiger partial charge in [0, 0.05) is 21.3 Å². The smallest absolute Gasteiger partial charge is 0.349 e. The highest BCUT2D eigenvalue weighted by Gasteiger charge is 2.22. The van der Waals surface area contributed by atoms with Crippen LogP contribution in [0, 0.1) is 11.8 Å². The molecular formula is C15H16N2O5S. The van der Waals surface area contributed by atoms with Gasteiger partial charge in [0.1, 0.15) is 5.75 Å². The van der Waals surface area contributed by atoms with Crippen LogP contribution in [-0.4, -0.2) is 24.1 Å². The largest absolute Gasteiger partial charge is 0.492 e. The third-order valence-corrected chi connectivity index (χ3v) is 4.08. The zero-order chi connectivity index (χ0) is 17.4. The average molecular weight is 336 g/mol. The minimum Gasteiger partial charge on any atom is -0.492 e. The number of aromatic carboxylic acids is 1. The van der Waals surface area contributed by atoms with Crippen molar-refractivity contribution in [2.45, 2.75) is 13.8 Å². The molecule has 0 unspecified atom stereocenters. The number of hydrogen-bond donors (Lipinski definition) is 2. The molecule has 23 heavy (non-hydrogen) atoms. The third-order valence-electron chi connectivity index (χ3n) is 2.77. The number of nitrogens with two attached hydrogens (primary N) is 1. The van der Waals surface area contributed by atoms with Crippen LogP contribution in [0.4, 0.5) is 5.69 Å². The second-order valence-electron chi connectivity index (χ2n) is 4.29. The van der Waals surface area contributed by atoms with Crippen molar-refractivity contribution in [3.8, 4) is 16.2 Å². The van der Waals surface area contributed by atoms with Gasteiger partial charge in [0.05, 0.1) is 6.61 Å². The Hall–Kier alpha value is -2.74. The molecule has 0 saturated carbocycles. The van der Waals surface area contributed by atoms with E-state index in [0.29, 0.717) is 18.0 Å². The lowest BCUT2D eigenvalue weighted by molar-refractivity contribution is -0.106. The number of thiophene rings is 1. The van der Waals surface area contributed by atoms with Crippen molar-refractivity contribution in [3.05, 3.63) is 39.6 Å². The Balaban J connectivity index is 0.000000593. The van der Waals surface area contributed by atoms with Crippen LogP contribution in [-0.2, 0) is 4.79 Å². The summed E-state index contributed by atoms with van der Waals surface area (Å²) in [7, 11) is 0. The first-order valence-corrected chi connectivity index (χ1v) is 7.39. The van der Waals surface area contributed by atoms with E-state index in [0.717, 1.165) is 16.0 Å². The summed E-state index contributed by atoms with van der Waals surface area (Å²) < 4.78 is 5.46. The summed E-state index contributed by atoms with van der Waals surface area (Å²) in [5, 5.41) is 11.0. The molecule has 1 heterocycles. The molecule has 7 nitrogen and oxygen atoms in total. The predicted molar refractivity (Wildman–Crippen MR) is 88.9 cm³/mol. The van der Waals surface area contributed by atoms with Gasteiger partial charge in [-0.05, 0) is 31.5 Å². The third kappa shape index (κ3) is 4.62. The number of carbonyl (C=O) groups is 2. The predicted octanol–water partition coefficient (Wildman–Crippen LogP) is 3.31. The maximum absolute atomic E-state index is 11.3. The van der Waals surface area contributed by atoms with Gasteiger partial charge in [-0.15, -0.1) is 16.2 Å². The molecule has 8 heteroatoms. The number of anilines is 1. The Kier molecular flexibility index (Phi) is 6.88. The summed E-state index contributed by atoms with van der Waals surface area (Å²) in [6.07, 6.45) is -0.0556. The van der Waals surface area contributed by atoms with Gasteiger partial charge in [-0.25, -0.2) is 4.79 Å². The molecule has 0 bridgehead atoms. The fourth-order valence-electron chi connectivity index (χ4n) is 1.91. The summed E-state index contributed by atoms with van der Waals surface area (Å²) in [5.74, 6) is -0.510. The summed E-state index contributed by atoms with van der Waals surface area (Å²) >= 11 is 1.22. The summed E-state index contributed by atoms with van der Waals surface area (Å²) in [6.45, 7) is 4.14. The standard InChI is InChI=1S/C14H15NO3S.CHNO2/c1-3-18-11-8(2)12(19-13(11)14(16)17)9-5-4-6-10(15)7-9;3-1-2-4/h4-7H,3,15H2,1-2H3,(H,16,17);1H. The molecule has 0 aliphatic heterocycles. The van der Waals surface area contributed by atoms with E-state index in [9.17, 15) is 9.90 Å². The Morgan fingerprint density at radius 1 is 1.48 bits per heavy atom. The lowest BCUT2D eigenvalue weighted by Gasteiger charge is -2.04. The molecule has 2 rings (SSSR count). The molecule has 1 aromatic heterocycles. The molecule has 1 amide bonds. The van der Waals surface area contributed by atoms with Gasteiger partial charge in [0.2, 0.25) is 0 Å². The van der Waals surface area contributed by atoms with Gasteiger partial charge in [-0.2, -0.15) is 0 Å². The Morgan fingerprint density at radius 3 is 2.61 bits per heavy atom. The number of nitrogen functional groups attached to an aromatic ring is 1. The Morgan fingerprint density at radius 2 is 2.13 bits per heavy atom. The first-order valence-electron chi connectivity index (χ1n) is 6.57. The van der Waals surface area contributed by atoms with Gasteiger partial charge in [-0.3, -0.25) is 4.79 Å². The van der Waals surface area contributed by atoms with Crippen molar-refractivity contribution in [3.63, 3.8) is 0 Å². The first-order chi connectivity index (χ1) is 11.0. The van der Waals surface area contributed by atoms with Crippen LogP contribution >= 0.6 is 11.3 Å². The van der Waals surface area contributed by atoms with Crippen molar-refractivity contribution in [1.29, 1.82) is 0 Å². The SMILES string of the molecule is CCOc1c(C(=O)O)sc(-c2cccc(N)c2)c1C.O=CN=O. The highest BCUT2D eigenvalue weighted by Crippen LogP contribution is 2.41. The van der Waals surface area contributed by atoms with E-state index in [4.69, 9.17) is 20.2 Å². The van der Waals surface area contributed by atoms with Crippen LogP contribution in [0.2, 0.25) is 0 Å². The number of ether oxygens (including phenoxy) is 1. The lowest BCUT2D eigenvalue weighted by Crippen LogP contribution is -1.99. The number of carboxylic acid groups (broad SMARTS) is 1. The van der Waals surface area contributed by atoms with Crippen molar-refractivity contribution in [2.24, 2.45) is 5.18 Å². The van der Waals surface area contributed by atoms with Crippen molar-refractivity contribution in [1.82, 2.24) is 0 Å². The number of nitrogens with zero attached hydrogens (tertiary/aromatic N) is 1. The molecule has 0 spiro atoms. The van der Waals surface area contributed by atoms with Crippen LogP contribution in [0.1, 0.15) is 22.2 Å². The van der Waals surface area contributed by atoms with Crippen LogP contribution in [0.15, 0.2) is 29.4 Å². The molecule has 2 aromatic rings.